The van der Waals surface area contributed by atoms with Gasteiger partial charge in [0.15, 0.2) is 17.3 Å². The summed E-state index contributed by atoms with van der Waals surface area (Å²) in [5, 5.41) is 38.0. The van der Waals surface area contributed by atoms with E-state index in [1.54, 1.807) is 0 Å². The topological polar surface area (TPSA) is 140 Å². The molecule has 0 unspecified atom stereocenters. The van der Waals surface area contributed by atoms with E-state index in [1.165, 1.54) is 45.5 Å². The van der Waals surface area contributed by atoms with Crippen LogP contribution < -0.4 is 4.74 Å². The Hall–Kier alpha value is -3.59. The van der Waals surface area contributed by atoms with E-state index in [9.17, 15) is 28.5 Å². The van der Waals surface area contributed by atoms with Crippen molar-refractivity contribution in [3.05, 3.63) is 53.3 Å². The second-order valence-electron chi connectivity index (χ2n) is 8.85. The van der Waals surface area contributed by atoms with Gasteiger partial charge in [-0.05, 0) is 26.0 Å². The molecule has 0 aliphatic rings. The molecule has 1 aromatic carbocycles. The van der Waals surface area contributed by atoms with Crippen LogP contribution in [-0.4, -0.2) is 52.9 Å². The molecular formula is C23H20ClF4N5O5. The van der Waals surface area contributed by atoms with Gasteiger partial charge >= 0.3 is 6.18 Å². The molecule has 4 aromatic rings. The van der Waals surface area contributed by atoms with Crippen LogP contribution in [0.5, 0.6) is 5.75 Å². The van der Waals surface area contributed by atoms with Crippen LogP contribution in [0.3, 0.4) is 0 Å². The lowest BCUT2D eigenvalue weighted by Gasteiger charge is -2.30. The number of alkyl halides is 3. The second kappa shape index (κ2) is 9.62. The van der Waals surface area contributed by atoms with Crippen molar-refractivity contribution >= 4 is 11.6 Å². The Bertz CT molecular complexity index is 1440. The Morgan fingerprint density at radius 2 is 1.74 bits per heavy atom. The van der Waals surface area contributed by atoms with Gasteiger partial charge in [-0.3, -0.25) is 0 Å². The average Bonchev–Trinajstić information content (AvgIpc) is 3.42. The smallest absolute Gasteiger partial charge is 0.433 e. The molecule has 0 bridgehead atoms. The molecule has 0 amide bonds. The molecule has 0 spiro atoms. The highest BCUT2D eigenvalue weighted by molar-refractivity contribution is 6.33. The van der Waals surface area contributed by atoms with Gasteiger partial charge in [-0.2, -0.15) is 18.3 Å². The van der Waals surface area contributed by atoms with E-state index in [1.807, 2.05) is 0 Å². The fourth-order valence-electron chi connectivity index (χ4n) is 3.89. The molecule has 0 aliphatic carbocycles. The van der Waals surface area contributed by atoms with Crippen LogP contribution in [0.1, 0.15) is 26.0 Å². The Morgan fingerprint density at radius 3 is 2.29 bits per heavy atom. The van der Waals surface area contributed by atoms with Crippen molar-refractivity contribution in [3.63, 3.8) is 0 Å². The minimum Gasteiger partial charge on any atom is -0.497 e. The number of aliphatic hydroxyl groups is 3. The van der Waals surface area contributed by atoms with Crippen LogP contribution in [-0.2, 0) is 12.1 Å². The minimum atomic E-state index is -5.22. The number of ether oxygens (including phenoxy) is 1. The van der Waals surface area contributed by atoms with Crippen LogP contribution in [0.2, 0.25) is 5.02 Å². The maximum atomic E-state index is 15.1. The quantitative estimate of drug-likeness (QED) is 0.225. The number of nitrogens with zero attached hydrogens (tertiary/aromatic N) is 5. The summed E-state index contributed by atoms with van der Waals surface area (Å²) >= 11 is 6.26. The van der Waals surface area contributed by atoms with Crippen LogP contribution in [0, 0.1) is 5.82 Å². The van der Waals surface area contributed by atoms with Crippen molar-refractivity contribution in [2.75, 3.05) is 7.11 Å². The molecule has 38 heavy (non-hydrogen) atoms. The molecule has 202 valence electrons. The molecular weight excluding hydrogens is 538 g/mol. The highest BCUT2D eigenvalue weighted by Crippen LogP contribution is 2.46. The zero-order chi connectivity index (χ0) is 28.0. The van der Waals surface area contributed by atoms with Gasteiger partial charge in [-0.15, -0.1) is 0 Å². The predicted octanol–water partition coefficient (Wildman–Crippen LogP) is 4.24. The van der Waals surface area contributed by atoms with E-state index in [0.717, 1.165) is 6.07 Å². The maximum absolute atomic E-state index is 15.1. The zero-order valence-corrected chi connectivity index (χ0v) is 20.7. The molecule has 3 aromatic heterocycles. The number of benzene rings is 1. The van der Waals surface area contributed by atoms with E-state index < -0.39 is 46.9 Å². The van der Waals surface area contributed by atoms with Crippen molar-refractivity contribution in [1.29, 1.82) is 0 Å². The molecule has 0 aliphatic heterocycles. The largest absolute Gasteiger partial charge is 0.497 e. The highest BCUT2D eigenvalue weighted by atomic mass is 35.5. The van der Waals surface area contributed by atoms with Gasteiger partial charge in [0.05, 0.1) is 47.0 Å². The SMILES string of the molecule is COc1cc(F)c(-c2noc(-c3cnn(C(O)(O)CC(C)(C)O)c3C(F)(F)F)c2-c2ncccn2)c(Cl)c1. The number of aromatic nitrogens is 5. The molecule has 3 N–H and O–H groups in total. The molecule has 3 heterocycles. The van der Waals surface area contributed by atoms with Gasteiger partial charge in [-0.25, -0.2) is 19.0 Å². The molecule has 0 atom stereocenters. The number of hydrogen-bond donors (Lipinski definition) is 3. The predicted molar refractivity (Wildman–Crippen MR) is 124 cm³/mol. The Kier molecular flexibility index (Phi) is 6.95. The van der Waals surface area contributed by atoms with Crippen LogP contribution in [0.25, 0.3) is 34.0 Å². The van der Waals surface area contributed by atoms with E-state index in [2.05, 4.69) is 20.2 Å². The van der Waals surface area contributed by atoms with E-state index in [-0.39, 0.29) is 38.1 Å². The van der Waals surface area contributed by atoms with Gasteiger partial charge in [-0.1, -0.05) is 16.8 Å². The van der Waals surface area contributed by atoms with E-state index in [0.29, 0.717) is 6.20 Å². The lowest BCUT2D eigenvalue weighted by Crippen LogP contribution is -2.43. The van der Waals surface area contributed by atoms with Crippen molar-refractivity contribution < 1.29 is 42.1 Å². The fourth-order valence-corrected chi connectivity index (χ4v) is 4.18. The summed E-state index contributed by atoms with van der Waals surface area (Å²) in [5.41, 5.74) is -5.14. The molecule has 15 heteroatoms. The first-order valence-corrected chi connectivity index (χ1v) is 11.2. The molecule has 0 saturated heterocycles. The maximum Gasteiger partial charge on any atom is 0.433 e. The third kappa shape index (κ3) is 5.20. The first-order chi connectivity index (χ1) is 17.6. The monoisotopic (exact) mass is 557 g/mol. The number of hydrogen-bond acceptors (Lipinski definition) is 9. The summed E-state index contributed by atoms with van der Waals surface area (Å²) < 4.78 is 68.3. The molecule has 0 fully saturated rings. The van der Waals surface area contributed by atoms with Crippen LogP contribution >= 0.6 is 11.6 Å². The third-order valence-electron chi connectivity index (χ3n) is 5.26. The summed E-state index contributed by atoms with van der Waals surface area (Å²) in [6.45, 7) is 2.35. The number of halogens is 5. The van der Waals surface area contributed by atoms with Crippen LogP contribution in [0.15, 0.2) is 41.3 Å². The number of rotatable bonds is 7. The first-order valence-electron chi connectivity index (χ1n) is 10.8. The summed E-state index contributed by atoms with van der Waals surface area (Å²) in [7, 11) is 1.29. The third-order valence-corrected chi connectivity index (χ3v) is 5.56. The first kappa shape index (κ1) is 27.4. The molecule has 0 radical (unpaired) electrons. The average molecular weight is 558 g/mol. The van der Waals surface area contributed by atoms with Crippen molar-refractivity contribution in [1.82, 2.24) is 24.9 Å². The number of methoxy groups -OCH3 is 1. The van der Waals surface area contributed by atoms with E-state index >= 15 is 4.39 Å². The second-order valence-corrected chi connectivity index (χ2v) is 9.26. The standard InChI is InChI=1S/C23H20ClF4N5O5/c1-21(2,34)10-22(35,36)33-19(23(26,27)28)12(9-31-33)18-16(20-29-5-4-6-30-20)17(32-38-18)15-13(24)7-11(37-3)8-14(15)25/h4-9,34-36H,10H2,1-3H3. The van der Waals surface area contributed by atoms with Crippen molar-refractivity contribution in [3.8, 4) is 39.7 Å². The lowest BCUT2D eigenvalue weighted by molar-refractivity contribution is -0.270. The Balaban J connectivity index is 2.02. The normalized spacial score (nSPS) is 12.7. The Morgan fingerprint density at radius 1 is 1.08 bits per heavy atom. The Labute approximate surface area is 217 Å². The summed E-state index contributed by atoms with van der Waals surface area (Å²) in [5.74, 6) is -4.91. The van der Waals surface area contributed by atoms with Gasteiger partial charge < -0.3 is 24.6 Å². The molecule has 0 saturated carbocycles. The van der Waals surface area contributed by atoms with Gasteiger partial charge in [0, 0.05) is 18.5 Å². The molecule has 10 nitrogen and oxygen atoms in total. The van der Waals surface area contributed by atoms with Gasteiger partial charge in [0.2, 0.25) is 0 Å². The van der Waals surface area contributed by atoms with Crippen molar-refractivity contribution in [2.24, 2.45) is 0 Å². The van der Waals surface area contributed by atoms with Gasteiger partial charge in [0.25, 0.3) is 5.91 Å². The van der Waals surface area contributed by atoms with E-state index in [4.69, 9.17) is 20.9 Å². The summed E-state index contributed by atoms with van der Waals surface area (Å²) in [6, 6.07) is 3.71. The fraction of sp³-hybridized carbons (Fsp3) is 0.304. The van der Waals surface area contributed by atoms with Gasteiger partial charge in [0.1, 0.15) is 17.3 Å². The highest BCUT2D eigenvalue weighted by Gasteiger charge is 2.47. The van der Waals surface area contributed by atoms with Crippen LogP contribution in [0.4, 0.5) is 17.6 Å². The zero-order valence-electron chi connectivity index (χ0n) is 20.0. The summed E-state index contributed by atoms with van der Waals surface area (Å²) in [4.78, 5) is 8.08. The molecule has 4 rings (SSSR count). The lowest BCUT2D eigenvalue weighted by atomic mass is 10.0. The minimum absolute atomic E-state index is 0.0761. The van der Waals surface area contributed by atoms with Crippen molar-refractivity contribution in [2.45, 2.75) is 38.0 Å². The summed E-state index contributed by atoms with van der Waals surface area (Å²) in [6.07, 6.45) is -2.91.